The molecule has 0 amide bonds. The van der Waals surface area contributed by atoms with Gasteiger partial charge in [0.1, 0.15) is 0 Å². The first-order chi connectivity index (χ1) is 13.9. The molecule has 0 aliphatic rings. The summed E-state index contributed by atoms with van der Waals surface area (Å²) in [7, 11) is 0. The van der Waals surface area contributed by atoms with Crippen molar-refractivity contribution >= 4 is 37.5 Å². The summed E-state index contributed by atoms with van der Waals surface area (Å²) in [6, 6.07) is 0. The van der Waals surface area contributed by atoms with Gasteiger partial charge in [-0.3, -0.25) is 0 Å². The molecule has 0 saturated heterocycles. The molecule has 0 bridgehead atoms. The first-order valence-electron chi connectivity index (χ1n) is 11.5. The molecule has 0 aromatic rings. The third-order valence-electron chi connectivity index (χ3n) is 4.60. The van der Waals surface area contributed by atoms with Gasteiger partial charge in [0.25, 0.3) is 0 Å². The van der Waals surface area contributed by atoms with Crippen molar-refractivity contribution in [1.82, 2.24) is 0 Å². The monoisotopic (exact) mass is 522 g/mol. The zero-order valence-corrected chi connectivity index (χ0v) is 21.9. The van der Waals surface area contributed by atoms with Crippen LogP contribution in [-0.2, 0) is 23.6 Å². The van der Waals surface area contributed by atoms with E-state index in [4.69, 9.17) is 9.22 Å². The molecule has 6 nitrogen and oxygen atoms in total. The SMILES string of the molecule is CCCCCCC(=O)[O][Sn]([CH3])([O]C(=O)CCCCCC)[O]C(=O)CCCCCC. The van der Waals surface area contributed by atoms with E-state index in [2.05, 4.69) is 20.8 Å². The molecule has 29 heavy (non-hydrogen) atoms. The number of hydrogen-bond acceptors (Lipinski definition) is 6. The van der Waals surface area contributed by atoms with Gasteiger partial charge in [0.05, 0.1) is 0 Å². The fraction of sp³-hybridized carbons (Fsp3) is 0.864. The van der Waals surface area contributed by atoms with E-state index in [0.29, 0.717) is 0 Å². The predicted molar refractivity (Wildman–Crippen MR) is 116 cm³/mol. The summed E-state index contributed by atoms with van der Waals surface area (Å²) in [5.74, 6) is -1.30. The first-order valence-corrected chi connectivity index (χ1v) is 17.9. The van der Waals surface area contributed by atoms with Crippen LogP contribution in [0.3, 0.4) is 0 Å². The first kappa shape index (κ1) is 28.2. The number of rotatable bonds is 18. The fourth-order valence-electron chi connectivity index (χ4n) is 2.92. The summed E-state index contributed by atoms with van der Waals surface area (Å²) in [4.78, 5) is 38.2. The Balaban J connectivity index is 4.71. The third-order valence-corrected chi connectivity index (χ3v) is 9.73. The van der Waals surface area contributed by atoms with Gasteiger partial charge in [-0.1, -0.05) is 0 Å². The van der Waals surface area contributed by atoms with Gasteiger partial charge in [0.2, 0.25) is 0 Å². The molecule has 0 rings (SSSR count). The van der Waals surface area contributed by atoms with Gasteiger partial charge in [-0.05, 0) is 0 Å². The van der Waals surface area contributed by atoms with E-state index in [0.717, 1.165) is 77.0 Å². The molecule has 0 heterocycles. The summed E-state index contributed by atoms with van der Waals surface area (Å²) in [6.45, 7) is 6.31. The van der Waals surface area contributed by atoms with E-state index in [1.807, 2.05) is 0 Å². The molecule has 0 aromatic heterocycles. The predicted octanol–water partition coefficient (Wildman–Crippen LogP) is 6.10. The number of unbranched alkanes of at least 4 members (excludes halogenated alkanes) is 9. The molecule has 0 N–H and O–H groups in total. The Hall–Kier alpha value is -0.791. The van der Waals surface area contributed by atoms with Crippen molar-refractivity contribution in [3.63, 3.8) is 0 Å². The van der Waals surface area contributed by atoms with Crippen molar-refractivity contribution in [1.29, 1.82) is 0 Å². The molecule has 0 aliphatic carbocycles. The second kappa shape index (κ2) is 18.0. The van der Waals surface area contributed by atoms with Gasteiger partial charge in [-0.2, -0.15) is 0 Å². The van der Waals surface area contributed by atoms with E-state index in [1.165, 1.54) is 4.94 Å². The molecule has 0 fully saturated rings. The Morgan fingerprint density at radius 1 is 0.517 bits per heavy atom. The summed E-state index contributed by atoms with van der Waals surface area (Å²) in [5.41, 5.74) is 0. The van der Waals surface area contributed by atoms with Crippen LogP contribution in [-0.4, -0.2) is 37.5 Å². The van der Waals surface area contributed by atoms with Crippen LogP contribution in [0.2, 0.25) is 4.94 Å². The minimum absolute atomic E-state index is 0.259. The molecule has 0 spiro atoms. The molecule has 170 valence electrons. The van der Waals surface area contributed by atoms with Crippen LogP contribution in [0, 0.1) is 0 Å². The van der Waals surface area contributed by atoms with Crippen molar-refractivity contribution < 1.29 is 23.6 Å². The van der Waals surface area contributed by atoms with Gasteiger partial charge < -0.3 is 0 Å². The van der Waals surface area contributed by atoms with Crippen LogP contribution in [0.15, 0.2) is 0 Å². The Morgan fingerprint density at radius 2 is 0.793 bits per heavy atom. The van der Waals surface area contributed by atoms with Crippen molar-refractivity contribution in [3.05, 3.63) is 0 Å². The van der Waals surface area contributed by atoms with E-state index in [1.54, 1.807) is 0 Å². The number of hydrogen-bond donors (Lipinski definition) is 0. The Kier molecular flexibility index (Phi) is 17.5. The molecule has 0 radical (unpaired) electrons. The average molecular weight is 521 g/mol. The quantitative estimate of drug-likeness (QED) is 0.160. The molecule has 0 aliphatic heterocycles. The molecule has 0 saturated carbocycles. The van der Waals surface area contributed by atoms with Crippen molar-refractivity contribution in [2.75, 3.05) is 0 Å². The van der Waals surface area contributed by atoms with Crippen LogP contribution in [0.5, 0.6) is 0 Å². The Labute approximate surface area is 182 Å². The van der Waals surface area contributed by atoms with Crippen molar-refractivity contribution in [2.24, 2.45) is 0 Å². The fourth-order valence-corrected chi connectivity index (χ4v) is 7.70. The van der Waals surface area contributed by atoms with Gasteiger partial charge in [0, 0.05) is 0 Å². The van der Waals surface area contributed by atoms with Crippen molar-refractivity contribution in [3.8, 4) is 0 Å². The molecule has 0 unspecified atom stereocenters. The summed E-state index contributed by atoms with van der Waals surface area (Å²) >= 11 is -4.56. The Morgan fingerprint density at radius 3 is 1.03 bits per heavy atom. The van der Waals surface area contributed by atoms with E-state index in [-0.39, 0.29) is 19.3 Å². The number of carbonyl (C=O) groups excluding carboxylic acids is 3. The van der Waals surface area contributed by atoms with Gasteiger partial charge in [-0.15, -0.1) is 0 Å². The average Bonchev–Trinajstić information content (AvgIpc) is 2.65. The van der Waals surface area contributed by atoms with E-state index in [9.17, 15) is 14.4 Å². The third kappa shape index (κ3) is 16.7. The summed E-state index contributed by atoms with van der Waals surface area (Å²) in [5, 5.41) is 0. The zero-order chi connectivity index (χ0) is 22.0. The molecule has 0 aromatic carbocycles. The Bertz CT molecular complexity index is 402. The second-order valence-corrected chi connectivity index (χ2v) is 14.4. The summed E-state index contributed by atoms with van der Waals surface area (Å²) in [6.07, 6.45) is 12.2. The topological polar surface area (TPSA) is 78.9 Å². The standard InChI is InChI=1S/3C7H14O2.CH3.Sn/c3*1-2-3-4-5-6-7(8)9;;/h3*2-6H2,1H3,(H,8,9);1H3;/q;;;;+3/p-3. The minimum atomic E-state index is -4.56. The molecule has 0 atom stereocenters. The maximum absolute atomic E-state index is 12.2. The van der Waals surface area contributed by atoms with Crippen molar-refractivity contribution in [2.45, 2.75) is 122 Å². The molecular formula is C22H42O6Sn. The molecular weight excluding hydrogens is 479 g/mol. The van der Waals surface area contributed by atoms with Gasteiger partial charge in [0.15, 0.2) is 0 Å². The zero-order valence-electron chi connectivity index (χ0n) is 19.1. The maximum atomic E-state index is 12.2. The van der Waals surface area contributed by atoms with E-state index >= 15 is 0 Å². The van der Waals surface area contributed by atoms with Gasteiger partial charge >= 0.3 is 183 Å². The van der Waals surface area contributed by atoms with Crippen LogP contribution >= 0.6 is 0 Å². The van der Waals surface area contributed by atoms with E-state index < -0.39 is 37.5 Å². The molecule has 7 heteroatoms. The normalized spacial score (nSPS) is 11.2. The summed E-state index contributed by atoms with van der Waals surface area (Å²) < 4.78 is 16.5. The van der Waals surface area contributed by atoms with Crippen LogP contribution < -0.4 is 0 Å². The van der Waals surface area contributed by atoms with Crippen LogP contribution in [0.1, 0.15) is 117 Å². The van der Waals surface area contributed by atoms with Gasteiger partial charge in [-0.25, -0.2) is 0 Å². The van der Waals surface area contributed by atoms with Crippen LogP contribution in [0.25, 0.3) is 0 Å². The number of carbonyl (C=O) groups is 3. The second-order valence-electron chi connectivity index (χ2n) is 7.72. The van der Waals surface area contributed by atoms with Crippen LogP contribution in [0.4, 0.5) is 0 Å².